The maximum absolute atomic E-state index is 12.7. The van der Waals surface area contributed by atoms with Crippen LogP contribution in [0.25, 0.3) is 0 Å². The standard InChI is InChI=1S/C15H20N2O2S2/c1-11-7-12(2)15(8-13(11)9-16)21(18,19)17(3)10-14-5-4-6-20-14/h4-8H,9-10,16H2,1-3H3. The number of sulfonamides is 1. The Labute approximate surface area is 130 Å². The molecule has 1 aromatic heterocycles. The van der Waals surface area contributed by atoms with Crippen molar-refractivity contribution in [3.8, 4) is 0 Å². The molecule has 0 radical (unpaired) electrons. The molecule has 21 heavy (non-hydrogen) atoms. The quantitative estimate of drug-likeness (QED) is 0.919. The van der Waals surface area contributed by atoms with E-state index >= 15 is 0 Å². The third kappa shape index (κ3) is 3.35. The van der Waals surface area contributed by atoms with Gasteiger partial charge in [-0.3, -0.25) is 0 Å². The molecule has 0 spiro atoms. The van der Waals surface area contributed by atoms with Gasteiger partial charge in [-0.15, -0.1) is 11.3 Å². The molecule has 1 aromatic carbocycles. The van der Waals surface area contributed by atoms with E-state index in [9.17, 15) is 8.42 Å². The molecule has 114 valence electrons. The average molecular weight is 324 g/mol. The molecule has 0 saturated carbocycles. The summed E-state index contributed by atoms with van der Waals surface area (Å²) in [7, 11) is -1.90. The third-order valence-corrected chi connectivity index (χ3v) is 6.31. The van der Waals surface area contributed by atoms with Gasteiger partial charge in [-0.25, -0.2) is 8.42 Å². The second kappa shape index (κ2) is 6.27. The molecular weight excluding hydrogens is 304 g/mol. The van der Waals surface area contributed by atoms with E-state index in [1.165, 1.54) is 4.31 Å². The van der Waals surface area contributed by atoms with Gasteiger partial charge in [-0.05, 0) is 48.1 Å². The van der Waals surface area contributed by atoms with Crippen LogP contribution in [0, 0.1) is 13.8 Å². The minimum atomic E-state index is -3.51. The molecule has 0 aliphatic rings. The lowest BCUT2D eigenvalue weighted by Gasteiger charge is -2.19. The molecule has 0 aliphatic heterocycles. The summed E-state index contributed by atoms with van der Waals surface area (Å²) in [6.07, 6.45) is 0. The van der Waals surface area contributed by atoms with Crippen LogP contribution in [-0.2, 0) is 23.1 Å². The van der Waals surface area contributed by atoms with Crippen molar-refractivity contribution < 1.29 is 8.42 Å². The number of thiophene rings is 1. The lowest BCUT2D eigenvalue weighted by molar-refractivity contribution is 0.469. The summed E-state index contributed by atoms with van der Waals surface area (Å²) in [4.78, 5) is 1.36. The third-order valence-electron chi connectivity index (χ3n) is 3.50. The minimum absolute atomic E-state index is 0.337. The number of nitrogens with two attached hydrogens (primary N) is 1. The van der Waals surface area contributed by atoms with E-state index in [4.69, 9.17) is 5.73 Å². The van der Waals surface area contributed by atoms with Gasteiger partial charge in [0.1, 0.15) is 0 Å². The molecule has 2 rings (SSSR count). The Hall–Kier alpha value is -1.21. The maximum atomic E-state index is 12.7. The predicted octanol–water partition coefficient (Wildman–Crippen LogP) is 2.64. The summed E-state index contributed by atoms with van der Waals surface area (Å²) in [6.45, 7) is 4.48. The molecule has 0 bridgehead atoms. The monoisotopic (exact) mass is 324 g/mol. The fourth-order valence-corrected chi connectivity index (χ4v) is 4.49. The smallest absolute Gasteiger partial charge is 0.243 e. The van der Waals surface area contributed by atoms with Crippen LogP contribution < -0.4 is 5.73 Å². The summed E-state index contributed by atoms with van der Waals surface area (Å²) in [6, 6.07) is 7.44. The molecule has 2 aromatic rings. The number of hydrogen-bond donors (Lipinski definition) is 1. The van der Waals surface area contributed by atoms with E-state index in [0.717, 1.165) is 21.6 Å². The van der Waals surface area contributed by atoms with Crippen molar-refractivity contribution in [1.29, 1.82) is 0 Å². The number of nitrogens with zero attached hydrogens (tertiary/aromatic N) is 1. The van der Waals surface area contributed by atoms with Crippen molar-refractivity contribution in [2.45, 2.75) is 31.8 Å². The van der Waals surface area contributed by atoms with Gasteiger partial charge in [-0.1, -0.05) is 12.1 Å². The topological polar surface area (TPSA) is 63.4 Å². The molecule has 2 N–H and O–H groups in total. The molecule has 1 heterocycles. The van der Waals surface area contributed by atoms with Gasteiger partial charge in [0.05, 0.1) is 4.90 Å². The Bertz CT molecular complexity index is 722. The van der Waals surface area contributed by atoms with E-state index in [0.29, 0.717) is 18.0 Å². The van der Waals surface area contributed by atoms with Crippen LogP contribution >= 0.6 is 11.3 Å². The van der Waals surface area contributed by atoms with Gasteiger partial charge < -0.3 is 5.73 Å². The molecule has 6 heteroatoms. The molecule has 0 fully saturated rings. The van der Waals surface area contributed by atoms with Crippen molar-refractivity contribution in [3.05, 3.63) is 51.2 Å². The van der Waals surface area contributed by atoms with Gasteiger partial charge in [0.25, 0.3) is 0 Å². The molecule has 0 saturated heterocycles. The number of benzene rings is 1. The number of rotatable bonds is 5. The second-order valence-corrected chi connectivity index (χ2v) is 8.13. The van der Waals surface area contributed by atoms with E-state index in [2.05, 4.69) is 0 Å². The molecule has 0 amide bonds. The number of hydrogen-bond acceptors (Lipinski definition) is 4. The summed E-state index contributed by atoms with van der Waals surface area (Å²) in [5.41, 5.74) is 8.33. The predicted molar refractivity (Wildman–Crippen MR) is 86.8 cm³/mol. The van der Waals surface area contributed by atoms with Crippen LogP contribution in [0.2, 0.25) is 0 Å². The lowest BCUT2D eigenvalue weighted by atomic mass is 10.1. The van der Waals surface area contributed by atoms with Crippen molar-refractivity contribution in [1.82, 2.24) is 4.31 Å². The fraction of sp³-hybridized carbons (Fsp3) is 0.333. The zero-order chi connectivity index (χ0) is 15.6. The second-order valence-electron chi connectivity index (χ2n) is 5.09. The Morgan fingerprint density at radius 2 is 1.95 bits per heavy atom. The first-order chi connectivity index (χ1) is 9.86. The van der Waals surface area contributed by atoms with Crippen LogP contribution in [0.3, 0.4) is 0 Å². The molecular formula is C15H20N2O2S2. The van der Waals surface area contributed by atoms with Crippen molar-refractivity contribution >= 4 is 21.4 Å². The first-order valence-electron chi connectivity index (χ1n) is 6.65. The molecule has 0 atom stereocenters. The van der Waals surface area contributed by atoms with E-state index < -0.39 is 10.0 Å². The Balaban J connectivity index is 2.39. The van der Waals surface area contributed by atoms with Crippen LogP contribution in [0.5, 0.6) is 0 Å². The van der Waals surface area contributed by atoms with Crippen LogP contribution in [0.1, 0.15) is 21.6 Å². The molecule has 4 nitrogen and oxygen atoms in total. The highest BCUT2D eigenvalue weighted by Crippen LogP contribution is 2.24. The van der Waals surface area contributed by atoms with Gasteiger partial charge >= 0.3 is 0 Å². The Morgan fingerprint density at radius 3 is 2.52 bits per heavy atom. The lowest BCUT2D eigenvalue weighted by Crippen LogP contribution is -2.27. The van der Waals surface area contributed by atoms with Crippen LogP contribution in [0.15, 0.2) is 34.5 Å². The van der Waals surface area contributed by atoms with Crippen molar-refractivity contribution in [2.24, 2.45) is 5.73 Å². The summed E-state index contributed by atoms with van der Waals surface area (Å²) in [5.74, 6) is 0. The summed E-state index contributed by atoms with van der Waals surface area (Å²) in [5, 5.41) is 1.94. The summed E-state index contributed by atoms with van der Waals surface area (Å²) >= 11 is 1.55. The Kier molecular flexibility index (Phi) is 4.83. The summed E-state index contributed by atoms with van der Waals surface area (Å²) < 4.78 is 26.9. The first-order valence-corrected chi connectivity index (χ1v) is 8.97. The van der Waals surface area contributed by atoms with Crippen LogP contribution in [0.4, 0.5) is 0 Å². The van der Waals surface area contributed by atoms with Gasteiger partial charge in [0.2, 0.25) is 10.0 Å². The van der Waals surface area contributed by atoms with Gasteiger partial charge in [0, 0.05) is 25.0 Å². The fourth-order valence-electron chi connectivity index (χ4n) is 2.25. The highest BCUT2D eigenvalue weighted by molar-refractivity contribution is 7.89. The normalized spacial score (nSPS) is 12.0. The van der Waals surface area contributed by atoms with E-state index in [1.54, 1.807) is 24.5 Å². The maximum Gasteiger partial charge on any atom is 0.243 e. The van der Waals surface area contributed by atoms with Crippen molar-refractivity contribution in [3.63, 3.8) is 0 Å². The van der Waals surface area contributed by atoms with E-state index in [1.807, 2.05) is 37.4 Å². The largest absolute Gasteiger partial charge is 0.326 e. The molecule has 0 aliphatic carbocycles. The Morgan fingerprint density at radius 1 is 1.24 bits per heavy atom. The molecule has 0 unspecified atom stereocenters. The van der Waals surface area contributed by atoms with Gasteiger partial charge in [0.15, 0.2) is 0 Å². The highest BCUT2D eigenvalue weighted by atomic mass is 32.2. The van der Waals surface area contributed by atoms with E-state index in [-0.39, 0.29) is 0 Å². The average Bonchev–Trinajstić information content (AvgIpc) is 2.91. The zero-order valence-corrected chi connectivity index (χ0v) is 14.1. The SMILES string of the molecule is Cc1cc(C)c(S(=O)(=O)N(C)Cc2cccs2)cc1CN. The van der Waals surface area contributed by atoms with Gasteiger partial charge in [-0.2, -0.15) is 4.31 Å². The first kappa shape index (κ1) is 16.2. The van der Waals surface area contributed by atoms with Crippen molar-refractivity contribution in [2.75, 3.05) is 7.05 Å². The van der Waals surface area contributed by atoms with Crippen LogP contribution in [-0.4, -0.2) is 19.8 Å². The zero-order valence-electron chi connectivity index (χ0n) is 12.5. The highest BCUT2D eigenvalue weighted by Gasteiger charge is 2.24. The number of aryl methyl sites for hydroxylation is 2. The minimum Gasteiger partial charge on any atom is -0.326 e.